The Labute approximate surface area is 152 Å². The summed E-state index contributed by atoms with van der Waals surface area (Å²) in [6.07, 6.45) is 0. The topological polar surface area (TPSA) is 71.1 Å². The largest absolute Gasteiger partial charge is 0.345 e. The molecular formula is C21H21N3O2. The molecule has 2 amide bonds. The number of fused-ring (bicyclic) bond motifs is 1. The van der Waals surface area contributed by atoms with Crippen molar-refractivity contribution in [3.63, 3.8) is 0 Å². The molecule has 1 heterocycles. The molecule has 5 heteroatoms. The van der Waals surface area contributed by atoms with Crippen LogP contribution in [0.15, 0.2) is 54.6 Å². The fourth-order valence-corrected chi connectivity index (χ4v) is 2.98. The zero-order valence-electron chi connectivity index (χ0n) is 15.0. The second-order valence-electron chi connectivity index (χ2n) is 6.31. The molecule has 5 nitrogen and oxygen atoms in total. The number of benzene rings is 2. The third kappa shape index (κ3) is 3.72. The first-order chi connectivity index (χ1) is 12.5. The molecule has 0 unspecified atom stereocenters. The van der Waals surface area contributed by atoms with Gasteiger partial charge in [0.1, 0.15) is 5.82 Å². The van der Waals surface area contributed by atoms with Crippen LogP contribution in [0.25, 0.3) is 10.9 Å². The van der Waals surface area contributed by atoms with Crippen LogP contribution in [-0.2, 0) is 4.79 Å². The number of rotatable bonds is 4. The van der Waals surface area contributed by atoms with Gasteiger partial charge in [0.15, 0.2) is 0 Å². The van der Waals surface area contributed by atoms with Crippen molar-refractivity contribution in [2.24, 2.45) is 0 Å². The van der Waals surface area contributed by atoms with E-state index in [1.165, 1.54) is 6.92 Å². The van der Waals surface area contributed by atoms with Gasteiger partial charge < -0.3 is 10.6 Å². The molecule has 26 heavy (non-hydrogen) atoms. The zero-order valence-corrected chi connectivity index (χ0v) is 15.0. The third-order valence-electron chi connectivity index (χ3n) is 4.26. The van der Waals surface area contributed by atoms with E-state index >= 15 is 0 Å². The Balaban J connectivity index is 1.96. The number of nitrogens with one attached hydrogen (secondary N) is 2. The van der Waals surface area contributed by atoms with Gasteiger partial charge in [-0.1, -0.05) is 36.4 Å². The molecule has 0 bridgehead atoms. The fourth-order valence-electron chi connectivity index (χ4n) is 2.98. The quantitative estimate of drug-likeness (QED) is 0.749. The van der Waals surface area contributed by atoms with E-state index in [1.54, 1.807) is 0 Å². The molecule has 2 aromatic carbocycles. The number of amides is 2. The van der Waals surface area contributed by atoms with Crippen molar-refractivity contribution in [3.8, 4) is 0 Å². The summed E-state index contributed by atoms with van der Waals surface area (Å²) < 4.78 is 0. The van der Waals surface area contributed by atoms with Crippen LogP contribution in [0.1, 0.15) is 41.4 Å². The maximum Gasteiger partial charge on any atom is 0.252 e. The molecule has 3 rings (SSSR count). The Kier molecular flexibility index (Phi) is 4.98. The summed E-state index contributed by atoms with van der Waals surface area (Å²) in [5.41, 5.74) is 3.25. The molecule has 0 fully saturated rings. The molecule has 1 aromatic heterocycles. The zero-order chi connectivity index (χ0) is 18.7. The summed E-state index contributed by atoms with van der Waals surface area (Å²) in [4.78, 5) is 28.5. The van der Waals surface area contributed by atoms with Gasteiger partial charge in [-0.25, -0.2) is 4.98 Å². The van der Waals surface area contributed by atoms with Crippen molar-refractivity contribution in [1.82, 2.24) is 10.3 Å². The lowest BCUT2D eigenvalue weighted by Gasteiger charge is -2.18. The normalized spacial score (nSPS) is 11.8. The maximum absolute atomic E-state index is 12.7. The van der Waals surface area contributed by atoms with Gasteiger partial charge in [0.2, 0.25) is 5.91 Å². The van der Waals surface area contributed by atoms with E-state index in [1.807, 2.05) is 68.4 Å². The highest BCUT2D eigenvalue weighted by Crippen LogP contribution is 2.26. The highest BCUT2D eigenvalue weighted by molar-refractivity contribution is 5.96. The number of nitrogens with zero attached hydrogens (tertiary/aromatic N) is 1. The van der Waals surface area contributed by atoms with Crippen molar-refractivity contribution < 1.29 is 9.59 Å². The van der Waals surface area contributed by atoms with Crippen LogP contribution in [0.2, 0.25) is 0 Å². The standard InChI is InChI=1S/C21H21N3O2/c1-13-8-4-5-9-16(13)21(26)22-14(2)18-12-20(23-15(3)25)24-19-11-7-6-10-17(18)19/h4-12,14H,1-3H3,(H,22,26)(H,23,24,25)/t14-/m1/s1. The summed E-state index contributed by atoms with van der Waals surface area (Å²) in [7, 11) is 0. The van der Waals surface area contributed by atoms with Crippen molar-refractivity contribution in [2.45, 2.75) is 26.8 Å². The summed E-state index contributed by atoms with van der Waals surface area (Å²) in [5, 5.41) is 6.71. The number of para-hydroxylation sites is 1. The lowest BCUT2D eigenvalue weighted by atomic mass is 10.0. The first-order valence-electron chi connectivity index (χ1n) is 8.49. The molecule has 3 aromatic rings. The van der Waals surface area contributed by atoms with E-state index in [0.717, 1.165) is 22.0 Å². The van der Waals surface area contributed by atoms with Gasteiger partial charge in [-0.3, -0.25) is 9.59 Å². The molecule has 0 aliphatic rings. The fraction of sp³-hybridized carbons (Fsp3) is 0.190. The molecule has 0 saturated carbocycles. The van der Waals surface area contributed by atoms with Crippen LogP contribution < -0.4 is 10.6 Å². The Hall–Kier alpha value is -3.21. The summed E-state index contributed by atoms with van der Waals surface area (Å²) in [6, 6.07) is 16.7. The van der Waals surface area contributed by atoms with E-state index in [0.29, 0.717) is 11.4 Å². The lowest BCUT2D eigenvalue weighted by molar-refractivity contribution is -0.114. The Morgan fingerprint density at radius 1 is 1.04 bits per heavy atom. The first-order valence-corrected chi connectivity index (χ1v) is 8.49. The summed E-state index contributed by atoms with van der Waals surface area (Å²) >= 11 is 0. The van der Waals surface area contributed by atoms with E-state index in [2.05, 4.69) is 15.6 Å². The minimum Gasteiger partial charge on any atom is -0.345 e. The summed E-state index contributed by atoms with van der Waals surface area (Å²) in [5.74, 6) is 0.163. The number of aromatic nitrogens is 1. The van der Waals surface area contributed by atoms with Crippen LogP contribution in [0.5, 0.6) is 0 Å². The van der Waals surface area contributed by atoms with Gasteiger partial charge >= 0.3 is 0 Å². The SMILES string of the molecule is CC(=O)Nc1cc([C@@H](C)NC(=O)c2ccccc2C)c2ccccc2n1. The lowest BCUT2D eigenvalue weighted by Crippen LogP contribution is -2.27. The molecule has 132 valence electrons. The number of carbonyl (C=O) groups is 2. The molecule has 0 aliphatic carbocycles. The maximum atomic E-state index is 12.7. The highest BCUT2D eigenvalue weighted by atomic mass is 16.2. The van der Waals surface area contributed by atoms with Crippen molar-refractivity contribution >= 4 is 28.5 Å². The minimum absolute atomic E-state index is 0.127. The van der Waals surface area contributed by atoms with Crippen LogP contribution in [0, 0.1) is 6.92 Å². The van der Waals surface area contributed by atoms with Gasteiger partial charge in [-0.05, 0) is 43.2 Å². The number of hydrogen-bond donors (Lipinski definition) is 2. The third-order valence-corrected chi connectivity index (χ3v) is 4.26. The summed E-state index contributed by atoms with van der Waals surface area (Å²) in [6.45, 7) is 5.28. The number of pyridine rings is 1. The van der Waals surface area contributed by atoms with Gasteiger partial charge in [0.25, 0.3) is 5.91 Å². The molecule has 2 N–H and O–H groups in total. The minimum atomic E-state index is -0.248. The number of carbonyl (C=O) groups excluding carboxylic acids is 2. The molecule has 0 spiro atoms. The molecule has 0 saturated heterocycles. The predicted octanol–water partition coefficient (Wildman–Crippen LogP) is 3.99. The van der Waals surface area contributed by atoms with Crippen LogP contribution in [0.3, 0.4) is 0 Å². The Morgan fingerprint density at radius 2 is 1.73 bits per heavy atom. The van der Waals surface area contributed by atoms with E-state index in [4.69, 9.17) is 0 Å². The number of anilines is 1. The van der Waals surface area contributed by atoms with Gasteiger partial charge in [-0.15, -0.1) is 0 Å². The average molecular weight is 347 g/mol. The van der Waals surface area contributed by atoms with E-state index in [-0.39, 0.29) is 17.9 Å². The second-order valence-corrected chi connectivity index (χ2v) is 6.31. The van der Waals surface area contributed by atoms with Crippen molar-refractivity contribution in [2.75, 3.05) is 5.32 Å². The first kappa shape index (κ1) is 17.6. The van der Waals surface area contributed by atoms with Crippen LogP contribution >= 0.6 is 0 Å². The van der Waals surface area contributed by atoms with E-state index < -0.39 is 0 Å². The Bertz CT molecular complexity index is 982. The molecule has 0 radical (unpaired) electrons. The van der Waals surface area contributed by atoms with Gasteiger partial charge in [-0.2, -0.15) is 0 Å². The average Bonchev–Trinajstić information content (AvgIpc) is 2.60. The number of hydrogen-bond acceptors (Lipinski definition) is 3. The second kappa shape index (κ2) is 7.35. The van der Waals surface area contributed by atoms with Crippen molar-refractivity contribution in [3.05, 3.63) is 71.3 Å². The van der Waals surface area contributed by atoms with Gasteiger partial charge in [0, 0.05) is 17.9 Å². The molecule has 0 aliphatic heterocycles. The van der Waals surface area contributed by atoms with E-state index in [9.17, 15) is 9.59 Å². The molecule has 1 atom stereocenters. The monoisotopic (exact) mass is 347 g/mol. The number of aryl methyl sites for hydroxylation is 1. The van der Waals surface area contributed by atoms with Gasteiger partial charge in [0.05, 0.1) is 11.6 Å². The predicted molar refractivity (Wildman–Crippen MR) is 103 cm³/mol. The van der Waals surface area contributed by atoms with Crippen molar-refractivity contribution in [1.29, 1.82) is 0 Å². The van der Waals surface area contributed by atoms with Crippen LogP contribution in [0.4, 0.5) is 5.82 Å². The van der Waals surface area contributed by atoms with Crippen LogP contribution in [-0.4, -0.2) is 16.8 Å². The Morgan fingerprint density at radius 3 is 2.46 bits per heavy atom. The molecular weight excluding hydrogens is 326 g/mol. The smallest absolute Gasteiger partial charge is 0.252 e. The highest BCUT2D eigenvalue weighted by Gasteiger charge is 2.16.